The molecule has 2 fully saturated rings. The molecule has 2 heterocycles. The number of carbonyl (C=O) groups is 1. The highest BCUT2D eigenvalue weighted by Crippen LogP contribution is 2.28. The summed E-state index contributed by atoms with van der Waals surface area (Å²) in [5.41, 5.74) is 0.976. The number of amides is 1. The number of nitrogens with zero attached hydrogens (tertiary/aromatic N) is 3. The van der Waals surface area contributed by atoms with Crippen molar-refractivity contribution in [3.05, 3.63) is 33.4 Å². The number of rotatable bonds is 3. The van der Waals surface area contributed by atoms with E-state index in [0.29, 0.717) is 18.1 Å². The highest BCUT2D eigenvalue weighted by Gasteiger charge is 2.34. The van der Waals surface area contributed by atoms with Gasteiger partial charge in [-0.15, -0.1) is 0 Å². The molecule has 3 rings (SSSR count). The maximum Gasteiger partial charge on any atom is 0.410 e. The zero-order chi connectivity index (χ0) is 21.2. The van der Waals surface area contributed by atoms with E-state index < -0.39 is 5.60 Å². The van der Waals surface area contributed by atoms with Crippen LogP contribution in [0, 0.1) is 3.57 Å². The molecule has 162 valence electrons. The molecule has 5 nitrogen and oxygen atoms in total. The molecule has 1 aromatic carbocycles. The molecule has 0 radical (unpaired) electrons. The highest BCUT2D eigenvalue weighted by atomic mass is 127. The van der Waals surface area contributed by atoms with Crippen LogP contribution in [-0.2, 0) is 4.74 Å². The van der Waals surface area contributed by atoms with Crippen molar-refractivity contribution in [2.24, 2.45) is 0 Å². The predicted octanol–water partition coefficient (Wildman–Crippen LogP) is 4.76. The second kappa shape index (κ2) is 9.52. The first kappa shape index (κ1) is 22.8. The first-order valence-corrected chi connectivity index (χ1v) is 11.9. The molecule has 2 aliphatic rings. The van der Waals surface area contributed by atoms with E-state index >= 15 is 0 Å². The Morgan fingerprint density at radius 1 is 1.10 bits per heavy atom. The normalized spacial score (nSPS) is 23.8. The molecule has 2 aliphatic heterocycles. The predicted molar refractivity (Wildman–Crippen MR) is 126 cm³/mol. The molecule has 0 aliphatic carbocycles. The van der Waals surface area contributed by atoms with Gasteiger partial charge in [-0.1, -0.05) is 12.1 Å². The SMILES string of the molecule is C[C@H]1CN(C2CCN(C(=O)OC(C)(C)C)CC2)CCN1[C@@H](C)c1ccc(I)cc1. The van der Waals surface area contributed by atoms with E-state index in [0.717, 1.165) is 45.6 Å². The number of piperidine rings is 1. The number of hydrogen-bond donors (Lipinski definition) is 0. The van der Waals surface area contributed by atoms with Gasteiger partial charge in [0.25, 0.3) is 0 Å². The zero-order valence-electron chi connectivity index (χ0n) is 18.5. The molecular weight excluding hydrogens is 477 g/mol. The quantitative estimate of drug-likeness (QED) is 0.547. The van der Waals surface area contributed by atoms with Crippen molar-refractivity contribution in [1.82, 2.24) is 14.7 Å². The molecule has 0 N–H and O–H groups in total. The summed E-state index contributed by atoms with van der Waals surface area (Å²) in [7, 11) is 0. The van der Waals surface area contributed by atoms with Crippen LogP contribution in [0.15, 0.2) is 24.3 Å². The third kappa shape index (κ3) is 6.07. The molecule has 0 saturated carbocycles. The van der Waals surface area contributed by atoms with E-state index in [9.17, 15) is 4.79 Å². The van der Waals surface area contributed by atoms with Gasteiger partial charge in [0.05, 0.1) is 0 Å². The number of benzene rings is 1. The summed E-state index contributed by atoms with van der Waals surface area (Å²) in [6.07, 6.45) is 1.91. The van der Waals surface area contributed by atoms with Gasteiger partial charge in [-0.05, 0) is 87.7 Å². The van der Waals surface area contributed by atoms with Crippen molar-refractivity contribution < 1.29 is 9.53 Å². The summed E-state index contributed by atoms with van der Waals surface area (Å²) in [6.45, 7) is 15.4. The van der Waals surface area contributed by atoms with E-state index in [-0.39, 0.29) is 6.09 Å². The maximum atomic E-state index is 12.3. The van der Waals surface area contributed by atoms with E-state index in [1.807, 2.05) is 25.7 Å². The number of piperazine rings is 1. The van der Waals surface area contributed by atoms with E-state index in [1.54, 1.807) is 0 Å². The summed E-state index contributed by atoms with van der Waals surface area (Å²) >= 11 is 2.36. The number of hydrogen-bond acceptors (Lipinski definition) is 4. The fraction of sp³-hybridized carbons (Fsp3) is 0.696. The Labute approximate surface area is 189 Å². The smallest absolute Gasteiger partial charge is 0.410 e. The van der Waals surface area contributed by atoms with Gasteiger partial charge in [0, 0.05) is 54.4 Å². The Morgan fingerprint density at radius 2 is 1.72 bits per heavy atom. The lowest BCUT2D eigenvalue weighted by Gasteiger charge is -2.47. The summed E-state index contributed by atoms with van der Waals surface area (Å²) < 4.78 is 6.82. The summed E-state index contributed by atoms with van der Waals surface area (Å²) in [5, 5.41) is 0. The average Bonchev–Trinajstić information content (AvgIpc) is 2.67. The van der Waals surface area contributed by atoms with E-state index in [2.05, 4.69) is 70.5 Å². The van der Waals surface area contributed by atoms with Crippen LogP contribution in [0.5, 0.6) is 0 Å². The van der Waals surface area contributed by atoms with Gasteiger partial charge in [0.15, 0.2) is 0 Å². The molecule has 6 heteroatoms. The lowest BCUT2D eigenvalue weighted by molar-refractivity contribution is -0.00206. The molecule has 2 saturated heterocycles. The molecular formula is C23H36IN3O2. The van der Waals surface area contributed by atoms with Crippen molar-refractivity contribution in [3.63, 3.8) is 0 Å². The molecule has 29 heavy (non-hydrogen) atoms. The average molecular weight is 513 g/mol. The van der Waals surface area contributed by atoms with Gasteiger partial charge < -0.3 is 9.64 Å². The Morgan fingerprint density at radius 3 is 2.28 bits per heavy atom. The number of ether oxygens (including phenoxy) is 1. The van der Waals surface area contributed by atoms with Gasteiger partial charge in [-0.3, -0.25) is 9.80 Å². The van der Waals surface area contributed by atoms with Gasteiger partial charge in [0.2, 0.25) is 0 Å². The molecule has 2 atom stereocenters. The van der Waals surface area contributed by atoms with Crippen molar-refractivity contribution >= 4 is 28.7 Å². The lowest BCUT2D eigenvalue weighted by atomic mass is 9.99. The fourth-order valence-corrected chi connectivity index (χ4v) is 4.94. The standard InChI is InChI=1S/C23H36IN3O2/c1-17-16-26(14-15-27(17)18(2)19-6-8-20(24)9-7-19)21-10-12-25(13-11-21)22(28)29-23(3,4)5/h6-9,17-18,21H,10-16H2,1-5H3/t17-,18-/m0/s1. The molecule has 0 unspecified atom stereocenters. The zero-order valence-corrected chi connectivity index (χ0v) is 20.7. The van der Waals surface area contributed by atoms with Crippen LogP contribution in [0.4, 0.5) is 4.79 Å². The second-order valence-electron chi connectivity index (χ2n) is 9.51. The van der Waals surface area contributed by atoms with Gasteiger partial charge in [0.1, 0.15) is 5.60 Å². The summed E-state index contributed by atoms with van der Waals surface area (Å²) in [6, 6.07) is 10.5. The van der Waals surface area contributed by atoms with Gasteiger partial charge >= 0.3 is 6.09 Å². The van der Waals surface area contributed by atoms with Crippen molar-refractivity contribution in [2.45, 2.75) is 71.2 Å². The van der Waals surface area contributed by atoms with E-state index in [4.69, 9.17) is 4.74 Å². The first-order chi connectivity index (χ1) is 13.6. The fourth-order valence-electron chi connectivity index (χ4n) is 4.58. The monoisotopic (exact) mass is 513 g/mol. The third-order valence-corrected chi connectivity index (χ3v) is 6.91. The molecule has 1 amide bonds. The molecule has 0 bridgehead atoms. The van der Waals surface area contributed by atoms with Gasteiger partial charge in [-0.2, -0.15) is 0 Å². The molecule has 0 aromatic heterocycles. The van der Waals surface area contributed by atoms with Crippen LogP contribution < -0.4 is 0 Å². The van der Waals surface area contributed by atoms with Crippen LogP contribution in [-0.4, -0.2) is 71.2 Å². The minimum Gasteiger partial charge on any atom is -0.444 e. The Balaban J connectivity index is 1.50. The molecule has 0 spiro atoms. The maximum absolute atomic E-state index is 12.3. The second-order valence-corrected chi connectivity index (χ2v) is 10.8. The largest absolute Gasteiger partial charge is 0.444 e. The molecule has 1 aromatic rings. The van der Waals surface area contributed by atoms with Crippen molar-refractivity contribution in [1.29, 1.82) is 0 Å². The lowest BCUT2D eigenvalue weighted by Crippen LogP contribution is -2.57. The van der Waals surface area contributed by atoms with Crippen LogP contribution in [0.25, 0.3) is 0 Å². The Kier molecular flexibility index (Phi) is 7.49. The minimum absolute atomic E-state index is 0.166. The Hall–Kier alpha value is -0.860. The first-order valence-electron chi connectivity index (χ1n) is 10.9. The summed E-state index contributed by atoms with van der Waals surface area (Å²) in [5.74, 6) is 0. The summed E-state index contributed by atoms with van der Waals surface area (Å²) in [4.78, 5) is 19.5. The van der Waals surface area contributed by atoms with Crippen LogP contribution >= 0.6 is 22.6 Å². The van der Waals surface area contributed by atoms with Gasteiger partial charge in [-0.25, -0.2) is 4.79 Å². The van der Waals surface area contributed by atoms with Crippen molar-refractivity contribution in [2.75, 3.05) is 32.7 Å². The topological polar surface area (TPSA) is 36.0 Å². The van der Waals surface area contributed by atoms with E-state index in [1.165, 1.54) is 9.13 Å². The minimum atomic E-state index is -0.423. The number of halogens is 1. The highest BCUT2D eigenvalue weighted by molar-refractivity contribution is 14.1. The number of likely N-dealkylation sites (tertiary alicyclic amines) is 1. The Bertz CT molecular complexity index is 680. The number of carbonyl (C=O) groups excluding carboxylic acids is 1. The van der Waals surface area contributed by atoms with Crippen LogP contribution in [0.3, 0.4) is 0 Å². The van der Waals surface area contributed by atoms with Crippen molar-refractivity contribution in [3.8, 4) is 0 Å². The van der Waals surface area contributed by atoms with Crippen LogP contribution in [0.1, 0.15) is 59.1 Å². The third-order valence-electron chi connectivity index (χ3n) is 6.19. The van der Waals surface area contributed by atoms with Crippen LogP contribution in [0.2, 0.25) is 0 Å².